The quantitative estimate of drug-likeness (QED) is 0.737. The first kappa shape index (κ1) is 17.6. The molecule has 1 unspecified atom stereocenters. The third kappa shape index (κ3) is 3.19. The summed E-state index contributed by atoms with van der Waals surface area (Å²) in [5.74, 6) is 0.0414. The number of hydrogen-bond acceptors (Lipinski definition) is 4. The lowest BCUT2D eigenvalue weighted by Gasteiger charge is -2.16. The third-order valence-electron chi connectivity index (χ3n) is 4.14. The summed E-state index contributed by atoms with van der Waals surface area (Å²) in [6.07, 6.45) is 1.43. The van der Waals surface area contributed by atoms with Gasteiger partial charge in [0.05, 0.1) is 5.39 Å². The Morgan fingerprint density at radius 1 is 1.36 bits per heavy atom. The minimum atomic E-state index is -0.746. The molecule has 0 saturated carbocycles. The zero-order chi connectivity index (χ0) is 18.1. The Morgan fingerprint density at radius 2 is 2.04 bits per heavy atom. The molecule has 0 aliphatic carbocycles. The topological polar surface area (TPSA) is 78.0 Å². The zero-order valence-corrected chi connectivity index (χ0v) is 15.5. The number of aryl methyl sites for hydroxylation is 1. The second kappa shape index (κ2) is 6.98. The molecule has 1 amide bonds. The highest BCUT2D eigenvalue weighted by Crippen LogP contribution is 2.32. The molecule has 0 aliphatic rings. The van der Waals surface area contributed by atoms with Crippen LogP contribution in [0.1, 0.15) is 32.1 Å². The van der Waals surface area contributed by atoms with Crippen LogP contribution in [0.4, 0.5) is 0 Å². The standard InChI is InChI=1S/C18H18ClN3O2S/c1-3-4-14-21-17-15(18(24)22(14)10(2)16(20)23)13(9-25-17)11-5-7-12(19)8-6-11/h5-10H,3-4H2,1-2H3,(H2,20,23). The van der Waals surface area contributed by atoms with E-state index in [4.69, 9.17) is 17.3 Å². The van der Waals surface area contributed by atoms with Crippen LogP contribution in [0, 0.1) is 0 Å². The van der Waals surface area contributed by atoms with E-state index in [-0.39, 0.29) is 5.56 Å². The maximum atomic E-state index is 13.2. The number of thiophene rings is 1. The van der Waals surface area contributed by atoms with Crippen molar-refractivity contribution >= 4 is 39.1 Å². The van der Waals surface area contributed by atoms with Gasteiger partial charge in [0.15, 0.2) is 0 Å². The van der Waals surface area contributed by atoms with Crippen LogP contribution in [0.25, 0.3) is 21.3 Å². The summed E-state index contributed by atoms with van der Waals surface area (Å²) in [6, 6.07) is 6.55. The van der Waals surface area contributed by atoms with E-state index in [1.165, 1.54) is 15.9 Å². The van der Waals surface area contributed by atoms with Gasteiger partial charge in [-0.15, -0.1) is 11.3 Å². The summed E-state index contributed by atoms with van der Waals surface area (Å²) >= 11 is 7.38. The fourth-order valence-electron chi connectivity index (χ4n) is 2.81. The molecule has 1 atom stereocenters. The molecule has 3 rings (SSSR count). The van der Waals surface area contributed by atoms with Crippen LogP contribution >= 0.6 is 22.9 Å². The highest BCUT2D eigenvalue weighted by atomic mass is 35.5. The van der Waals surface area contributed by atoms with Crippen LogP contribution in [-0.4, -0.2) is 15.5 Å². The summed E-state index contributed by atoms with van der Waals surface area (Å²) in [5.41, 5.74) is 6.90. The fraction of sp³-hybridized carbons (Fsp3) is 0.278. The molecule has 0 fully saturated rings. The third-order valence-corrected chi connectivity index (χ3v) is 5.27. The Labute approximate surface area is 154 Å². The summed E-state index contributed by atoms with van der Waals surface area (Å²) in [5, 5.41) is 3.06. The smallest absolute Gasteiger partial charge is 0.263 e. The van der Waals surface area contributed by atoms with Gasteiger partial charge in [0.2, 0.25) is 5.91 Å². The number of primary amides is 1. The molecule has 0 radical (unpaired) electrons. The predicted octanol–water partition coefficient (Wildman–Crippen LogP) is 3.78. The van der Waals surface area contributed by atoms with Crippen LogP contribution in [0.2, 0.25) is 5.02 Å². The second-order valence-corrected chi connectivity index (χ2v) is 7.16. The van der Waals surface area contributed by atoms with Gasteiger partial charge < -0.3 is 5.73 Å². The van der Waals surface area contributed by atoms with Crippen LogP contribution in [0.3, 0.4) is 0 Å². The monoisotopic (exact) mass is 375 g/mol. The highest BCUT2D eigenvalue weighted by Gasteiger charge is 2.22. The van der Waals surface area contributed by atoms with Gasteiger partial charge in [-0.25, -0.2) is 4.98 Å². The van der Waals surface area contributed by atoms with Crippen molar-refractivity contribution in [2.24, 2.45) is 5.73 Å². The SMILES string of the molecule is CCCc1nc2scc(-c3ccc(Cl)cc3)c2c(=O)n1C(C)C(N)=O. The van der Waals surface area contributed by atoms with E-state index in [9.17, 15) is 9.59 Å². The average molecular weight is 376 g/mol. The largest absolute Gasteiger partial charge is 0.368 e. The lowest BCUT2D eigenvalue weighted by Crippen LogP contribution is -2.35. The number of carbonyl (C=O) groups is 1. The Kier molecular flexibility index (Phi) is 4.92. The lowest BCUT2D eigenvalue weighted by molar-refractivity contribution is -0.120. The maximum Gasteiger partial charge on any atom is 0.263 e. The van der Waals surface area contributed by atoms with Crippen molar-refractivity contribution in [2.45, 2.75) is 32.7 Å². The zero-order valence-electron chi connectivity index (χ0n) is 14.0. The molecule has 130 valence electrons. The van der Waals surface area contributed by atoms with E-state index in [0.717, 1.165) is 17.5 Å². The van der Waals surface area contributed by atoms with Crippen molar-refractivity contribution in [3.63, 3.8) is 0 Å². The first-order valence-corrected chi connectivity index (χ1v) is 9.27. The fourth-order valence-corrected chi connectivity index (χ4v) is 3.90. The number of halogens is 1. The van der Waals surface area contributed by atoms with Crippen molar-refractivity contribution in [2.75, 3.05) is 0 Å². The van der Waals surface area contributed by atoms with E-state index >= 15 is 0 Å². The van der Waals surface area contributed by atoms with Crippen molar-refractivity contribution < 1.29 is 4.79 Å². The molecular formula is C18H18ClN3O2S. The van der Waals surface area contributed by atoms with Gasteiger partial charge in [-0.1, -0.05) is 30.7 Å². The molecular weight excluding hydrogens is 358 g/mol. The Balaban J connectivity index is 2.30. The number of nitrogens with two attached hydrogens (primary N) is 1. The molecule has 2 aromatic heterocycles. The molecule has 7 heteroatoms. The number of amides is 1. The number of nitrogens with zero attached hydrogens (tertiary/aromatic N) is 2. The Morgan fingerprint density at radius 3 is 2.64 bits per heavy atom. The van der Waals surface area contributed by atoms with E-state index in [2.05, 4.69) is 4.98 Å². The lowest BCUT2D eigenvalue weighted by atomic mass is 10.1. The van der Waals surface area contributed by atoms with Crippen molar-refractivity contribution in [3.05, 3.63) is 50.8 Å². The molecule has 0 bridgehead atoms. The van der Waals surface area contributed by atoms with Gasteiger partial charge in [0.25, 0.3) is 5.56 Å². The molecule has 2 heterocycles. The van der Waals surface area contributed by atoms with Crippen LogP contribution < -0.4 is 11.3 Å². The number of hydrogen-bond donors (Lipinski definition) is 1. The van der Waals surface area contributed by atoms with E-state index in [1.54, 1.807) is 19.1 Å². The Bertz CT molecular complexity index is 992. The molecule has 1 aromatic carbocycles. The van der Waals surface area contributed by atoms with Crippen molar-refractivity contribution in [3.8, 4) is 11.1 Å². The summed E-state index contributed by atoms with van der Waals surface area (Å²) < 4.78 is 1.43. The van der Waals surface area contributed by atoms with Crippen LogP contribution in [0.5, 0.6) is 0 Å². The normalized spacial score (nSPS) is 12.4. The molecule has 0 aliphatic heterocycles. The summed E-state index contributed by atoms with van der Waals surface area (Å²) in [6.45, 7) is 3.63. The van der Waals surface area contributed by atoms with Gasteiger partial charge in [-0.05, 0) is 31.0 Å². The molecule has 0 saturated heterocycles. The minimum Gasteiger partial charge on any atom is -0.368 e. The van der Waals surface area contributed by atoms with Crippen LogP contribution in [0.15, 0.2) is 34.4 Å². The van der Waals surface area contributed by atoms with E-state index in [0.29, 0.717) is 27.5 Å². The number of fused-ring (bicyclic) bond motifs is 1. The highest BCUT2D eigenvalue weighted by molar-refractivity contribution is 7.17. The molecule has 3 aromatic rings. The van der Waals surface area contributed by atoms with Crippen LogP contribution in [-0.2, 0) is 11.2 Å². The molecule has 25 heavy (non-hydrogen) atoms. The summed E-state index contributed by atoms with van der Waals surface area (Å²) in [4.78, 5) is 30.2. The van der Waals surface area contributed by atoms with Gasteiger partial charge in [-0.3, -0.25) is 14.2 Å². The maximum absolute atomic E-state index is 13.2. The molecule has 2 N–H and O–H groups in total. The van der Waals surface area contributed by atoms with Crippen molar-refractivity contribution in [1.29, 1.82) is 0 Å². The Hall–Kier alpha value is -2.18. The number of carbonyl (C=O) groups excluding carboxylic acids is 1. The van der Waals surface area contributed by atoms with Crippen molar-refractivity contribution in [1.82, 2.24) is 9.55 Å². The molecule has 0 spiro atoms. The first-order valence-electron chi connectivity index (χ1n) is 8.02. The van der Waals surface area contributed by atoms with Gasteiger partial charge in [-0.2, -0.15) is 0 Å². The van der Waals surface area contributed by atoms with Gasteiger partial charge in [0.1, 0.15) is 16.7 Å². The van der Waals surface area contributed by atoms with E-state index in [1.807, 2.05) is 24.4 Å². The van der Waals surface area contributed by atoms with Gasteiger partial charge >= 0.3 is 0 Å². The minimum absolute atomic E-state index is 0.231. The number of rotatable bonds is 5. The number of benzene rings is 1. The summed E-state index contributed by atoms with van der Waals surface area (Å²) in [7, 11) is 0. The average Bonchev–Trinajstić information content (AvgIpc) is 2.99. The van der Waals surface area contributed by atoms with Gasteiger partial charge in [0, 0.05) is 22.4 Å². The molecule has 5 nitrogen and oxygen atoms in total. The first-order chi connectivity index (χ1) is 11.9. The van der Waals surface area contributed by atoms with E-state index < -0.39 is 11.9 Å². The second-order valence-electron chi connectivity index (χ2n) is 5.87. The number of aromatic nitrogens is 2. The predicted molar refractivity (Wildman–Crippen MR) is 102 cm³/mol.